The Bertz CT molecular complexity index is 1340. The number of aromatic nitrogens is 5. The normalized spacial score (nSPS) is 16.1. The Morgan fingerprint density at radius 1 is 1.00 bits per heavy atom. The van der Waals surface area contributed by atoms with E-state index < -0.39 is 17.7 Å². The molecule has 0 saturated heterocycles. The van der Waals surface area contributed by atoms with Crippen LogP contribution in [-0.4, -0.2) is 24.7 Å². The van der Waals surface area contributed by atoms with Crippen LogP contribution >= 0.6 is 0 Å². The maximum absolute atomic E-state index is 13.6. The van der Waals surface area contributed by atoms with Crippen molar-refractivity contribution in [2.24, 2.45) is 0 Å². The molecule has 1 unspecified atom stereocenters. The molecular weight excluding hydrogens is 439 g/mol. The highest BCUT2D eigenvalue weighted by Gasteiger charge is 2.37. The lowest BCUT2D eigenvalue weighted by Crippen LogP contribution is -2.21. The van der Waals surface area contributed by atoms with Gasteiger partial charge in [0.05, 0.1) is 11.3 Å². The Hall–Kier alpha value is -3.81. The third kappa shape index (κ3) is 4.48. The number of hydrogen-bond acceptors (Lipinski definition) is 4. The van der Waals surface area contributed by atoms with Gasteiger partial charge in [0.1, 0.15) is 5.82 Å². The fourth-order valence-corrected chi connectivity index (χ4v) is 4.35. The van der Waals surface area contributed by atoms with Crippen molar-refractivity contribution >= 4 is 12.2 Å². The third-order valence-corrected chi connectivity index (χ3v) is 5.95. The molecule has 0 N–H and O–H groups in total. The minimum atomic E-state index is -4.41. The number of fused-ring (bicyclic) bond motifs is 1. The Kier molecular flexibility index (Phi) is 5.73. The number of alkyl halides is 3. The minimum absolute atomic E-state index is 0.252. The fraction of sp³-hybridized carbons (Fsp3) is 0.231. The predicted molar refractivity (Wildman–Crippen MR) is 124 cm³/mol. The second kappa shape index (κ2) is 8.85. The molecule has 0 amide bonds. The first-order chi connectivity index (χ1) is 16.4. The van der Waals surface area contributed by atoms with Gasteiger partial charge >= 0.3 is 6.18 Å². The average molecular weight is 461 g/mol. The highest BCUT2D eigenvalue weighted by molar-refractivity contribution is 5.67. The van der Waals surface area contributed by atoms with E-state index >= 15 is 0 Å². The van der Waals surface area contributed by atoms with Gasteiger partial charge in [-0.15, -0.1) is 0 Å². The zero-order valence-electron chi connectivity index (χ0n) is 18.5. The number of halogens is 3. The number of benzene rings is 1. The lowest BCUT2D eigenvalue weighted by atomic mass is 9.88. The predicted octanol–water partition coefficient (Wildman–Crippen LogP) is 6.16. The number of aryl methyl sites for hydroxylation is 2. The van der Waals surface area contributed by atoms with Gasteiger partial charge in [0, 0.05) is 36.1 Å². The van der Waals surface area contributed by atoms with E-state index in [1.807, 2.05) is 37.3 Å². The van der Waals surface area contributed by atoms with Crippen LogP contribution in [0.3, 0.4) is 0 Å². The quantitative estimate of drug-likeness (QED) is 0.365. The summed E-state index contributed by atoms with van der Waals surface area (Å²) in [6.07, 6.45) is 4.06. The summed E-state index contributed by atoms with van der Waals surface area (Å²) < 4.78 is 42.5. The van der Waals surface area contributed by atoms with Crippen LogP contribution in [0.5, 0.6) is 0 Å². The van der Waals surface area contributed by atoms with E-state index in [1.165, 1.54) is 6.07 Å². The van der Waals surface area contributed by atoms with Crippen LogP contribution in [0, 0.1) is 6.92 Å². The summed E-state index contributed by atoms with van der Waals surface area (Å²) in [5, 5.41) is 4.51. The van der Waals surface area contributed by atoms with E-state index in [-0.39, 0.29) is 5.56 Å². The van der Waals surface area contributed by atoms with E-state index in [1.54, 1.807) is 35.3 Å². The lowest BCUT2D eigenvalue weighted by molar-refractivity contribution is -0.138. The summed E-state index contributed by atoms with van der Waals surface area (Å²) in [6, 6.07) is 13.6. The average Bonchev–Trinajstić information content (AvgIpc) is 3.26. The van der Waals surface area contributed by atoms with Gasteiger partial charge in [-0.05, 0) is 67.3 Å². The molecule has 5 nitrogen and oxygen atoms in total. The van der Waals surface area contributed by atoms with E-state index in [0.29, 0.717) is 24.6 Å². The molecule has 0 saturated carbocycles. The minimum Gasteiger partial charge on any atom is -0.262 e. The van der Waals surface area contributed by atoms with Gasteiger partial charge in [-0.1, -0.05) is 24.3 Å². The van der Waals surface area contributed by atoms with Crippen molar-refractivity contribution in [2.75, 3.05) is 0 Å². The SMILES string of the molecule is Cc1cc(-c2ccc(/C=C/c3nc4n(n3)CCCC4c3ccccc3C(F)(F)F)nc2)ccn1. The topological polar surface area (TPSA) is 56.5 Å². The molecule has 172 valence electrons. The summed E-state index contributed by atoms with van der Waals surface area (Å²) in [7, 11) is 0. The Labute approximate surface area is 195 Å². The standard InChI is InChI=1S/C26H22F3N5/c1-17-15-18(12-13-30-17)19-8-9-20(31-16-19)10-11-24-32-25-22(6-4-14-34(25)33-24)21-5-2-3-7-23(21)26(27,28)29/h2-3,5,7-13,15-16,22H,4,6,14H2,1H3/b11-10+. The molecule has 0 aliphatic carbocycles. The molecule has 5 rings (SSSR count). The molecule has 0 bridgehead atoms. The van der Waals surface area contributed by atoms with Crippen molar-refractivity contribution in [1.29, 1.82) is 0 Å². The van der Waals surface area contributed by atoms with Gasteiger partial charge in [0.15, 0.2) is 5.82 Å². The molecule has 1 aromatic carbocycles. The molecule has 4 heterocycles. The number of hydrogen-bond donors (Lipinski definition) is 0. The van der Waals surface area contributed by atoms with Gasteiger partial charge in [-0.2, -0.15) is 18.3 Å². The molecule has 1 aliphatic rings. The van der Waals surface area contributed by atoms with Gasteiger partial charge in [0.25, 0.3) is 0 Å². The smallest absolute Gasteiger partial charge is 0.262 e. The van der Waals surface area contributed by atoms with Crippen molar-refractivity contribution in [1.82, 2.24) is 24.7 Å². The largest absolute Gasteiger partial charge is 0.416 e. The van der Waals surface area contributed by atoms with Crippen molar-refractivity contribution in [3.63, 3.8) is 0 Å². The van der Waals surface area contributed by atoms with E-state index in [4.69, 9.17) is 0 Å². The lowest BCUT2D eigenvalue weighted by Gasteiger charge is -2.25. The third-order valence-electron chi connectivity index (χ3n) is 5.95. The van der Waals surface area contributed by atoms with Gasteiger partial charge < -0.3 is 0 Å². The molecule has 1 aliphatic heterocycles. The van der Waals surface area contributed by atoms with Gasteiger partial charge in [-0.25, -0.2) is 9.67 Å². The molecular formula is C26H22F3N5. The molecule has 34 heavy (non-hydrogen) atoms. The van der Waals surface area contributed by atoms with Crippen LogP contribution in [0.1, 0.15) is 52.9 Å². The molecule has 0 spiro atoms. The second-order valence-corrected chi connectivity index (χ2v) is 8.32. The zero-order chi connectivity index (χ0) is 23.7. The van der Waals surface area contributed by atoms with Crippen molar-refractivity contribution < 1.29 is 13.2 Å². The first-order valence-corrected chi connectivity index (χ1v) is 11.1. The highest BCUT2D eigenvalue weighted by atomic mass is 19.4. The number of nitrogens with zero attached hydrogens (tertiary/aromatic N) is 5. The molecule has 8 heteroatoms. The van der Waals surface area contributed by atoms with Gasteiger partial charge in [0.2, 0.25) is 0 Å². The van der Waals surface area contributed by atoms with E-state index in [0.717, 1.165) is 35.0 Å². The number of rotatable bonds is 4. The molecule has 0 fully saturated rings. The summed E-state index contributed by atoms with van der Waals surface area (Å²) in [5.41, 5.74) is 3.35. The van der Waals surface area contributed by atoms with Crippen molar-refractivity contribution in [3.8, 4) is 11.1 Å². The van der Waals surface area contributed by atoms with Crippen molar-refractivity contribution in [2.45, 2.75) is 38.4 Å². The summed E-state index contributed by atoms with van der Waals surface area (Å²) in [6.45, 7) is 2.58. The fourth-order valence-electron chi connectivity index (χ4n) is 4.35. The Balaban J connectivity index is 1.39. The van der Waals surface area contributed by atoms with E-state index in [9.17, 15) is 13.2 Å². The van der Waals surface area contributed by atoms with Crippen LogP contribution < -0.4 is 0 Å². The zero-order valence-corrected chi connectivity index (χ0v) is 18.5. The first kappa shape index (κ1) is 22.0. The monoisotopic (exact) mass is 461 g/mol. The van der Waals surface area contributed by atoms with Crippen LogP contribution in [0.2, 0.25) is 0 Å². The first-order valence-electron chi connectivity index (χ1n) is 11.1. The Morgan fingerprint density at radius 3 is 2.62 bits per heavy atom. The van der Waals surface area contributed by atoms with Crippen LogP contribution in [0.25, 0.3) is 23.3 Å². The van der Waals surface area contributed by atoms with E-state index in [2.05, 4.69) is 20.1 Å². The second-order valence-electron chi connectivity index (χ2n) is 8.32. The number of pyridine rings is 2. The summed E-state index contributed by atoms with van der Waals surface area (Å²) in [4.78, 5) is 13.3. The highest BCUT2D eigenvalue weighted by Crippen LogP contribution is 2.40. The molecule has 4 aromatic rings. The Morgan fingerprint density at radius 2 is 1.85 bits per heavy atom. The van der Waals surface area contributed by atoms with Crippen LogP contribution in [0.4, 0.5) is 13.2 Å². The van der Waals surface area contributed by atoms with Crippen LogP contribution in [-0.2, 0) is 12.7 Å². The molecule has 0 radical (unpaired) electrons. The maximum Gasteiger partial charge on any atom is 0.416 e. The van der Waals surface area contributed by atoms with Crippen LogP contribution in [0.15, 0.2) is 60.9 Å². The molecule has 3 aromatic heterocycles. The molecule has 1 atom stereocenters. The summed E-state index contributed by atoms with van der Waals surface area (Å²) >= 11 is 0. The summed E-state index contributed by atoms with van der Waals surface area (Å²) in [5.74, 6) is 0.587. The van der Waals surface area contributed by atoms with Gasteiger partial charge in [-0.3, -0.25) is 9.97 Å². The maximum atomic E-state index is 13.6. The van der Waals surface area contributed by atoms with Crippen molar-refractivity contribution in [3.05, 3.63) is 95.1 Å².